The van der Waals surface area contributed by atoms with Crippen LogP contribution in [0.25, 0.3) is 94.0 Å². The van der Waals surface area contributed by atoms with E-state index in [1.165, 1.54) is 22.8 Å². The molecule has 0 fully saturated rings. The topological polar surface area (TPSA) is 43.9 Å². The number of para-hydroxylation sites is 1. The summed E-state index contributed by atoms with van der Waals surface area (Å²) in [6, 6.07) is 55.6. The fourth-order valence-corrected chi connectivity index (χ4v) is 10.4. The molecular weight excluding hydrogens is 1100 g/mol. The summed E-state index contributed by atoms with van der Waals surface area (Å²) >= 11 is 0. The fourth-order valence-electron chi connectivity index (χ4n) is 10.4. The van der Waals surface area contributed by atoms with Gasteiger partial charge in [0.05, 0.1) is 22.4 Å². The largest absolute Gasteiger partial charge is 0.501 e. The summed E-state index contributed by atoms with van der Waals surface area (Å²) in [6.45, 7) is 22.1. The number of hydrogen-bond acceptors (Lipinski definition) is 3. The molecule has 0 bridgehead atoms. The molecule has 76 heavy (non-hydrogen) atoms. The Hall–Kier alpha value is -6.65. The van der Waals surface area contributed by atoms with E-state index in [0.29, 0.717) is 28.1 Å². The predicted molar refractivity (Wildman–Crippen MR) is 320 cm³/mol. The molecule has 0 aliphatic rings. The van der Waals surface area contributed by atoms with Gasteiger partial charge in [0.25, 0.3) is 0 Å². The Kier molecular flexibility index (Phi) is 12.4. The van der Waals surface area contributed by atoms with E-state index in [2.05, 4.69) is 186 Å². The van der Waals surface area contributed by atoms with Crippen molar-refractivity contribution >= 4 is 54.5 Å². The van der Waals surface area contributed by atoms with Gasteiger partial charge in [-0.2, -0.15) is 0 Å². The predicted octanol–water partition coefficient (Wildman–Crippen LogP) is 20.2. The maximum absolute atomic E-state index is 9.62. The van der Waals surface area contributed by atoms with Gasteiger partial charge in [-0.25, -0.2) is 0 Å². The first-order chi connectivity index (χ1) is 38.4. The summed E-state index contributed by atoms with van der Waals surface area (Å²) in [7, 11) is 0. The van der Waals surface area contributed by atoms with E-state index < -0.39 is 19.6 Å². The minimum Gasteiger partial charge on any atom is -0.501 e. The van der Waals surface area contributed by atoms with Crippen molar-refractivity contribution in [1.82, 2.24) is 14.5 Å². The molecule has 11 aromatic rings. The Labute approximate surface area is 475 Å². The van der Waals surface area contributed by atoms with Crippen LogP contribution in [0.15, 0.2) is 156 Å². The number of nitrogens with zero attached hydrogens (tertiary/aromatic N) is 3. The maximum atomic E-state index is 9.62. The van der Waals surface area contributed by atoms with Crippen molar-refractivity contribution in [2.45, 2.75) is 138 Å². The van der Waals surface area contributed by atoms with Gasteiger partial charge in [0.1, 0.15) is 5.58 Å². The molecule has 0 saturated heterocycles. The molecule has 389 valence electrons. The first-order valence-electron chi connectivity index (χ1n) is 29.9. The molecule has 4 nitrogen and oxygen atoms in total. The molecule has 0 unspecified atom stereocenters. The van der Waals surface area contributed by atoms with Crippen LogP contribution in [-0.2, 0) is 36.4 Å². The van der Waals surface area contributed by atoms with E-state index in [1.54, 1.807) is 12.1 Å². The fraction of sp³-hybridized carbons (Fsp3) is 0.296. The molecule has 0 atom stereocenters. The van der Waals surface area contributed by atoms with Crippen molar-refractivity contribution in [3.05, 3.63) is 197 Å². The van der Waals surface area contributed by atoms with E-state index in [9.17, 15) is 1.37 Å². The van der Waals surface area contributed by atoms with Crippen molar-refractivity contribution in [2.24, 2.45) is 0 Å². The van der Waals surface area contributed by atoms with Crippen LogP contribution in [0.4, 0.5) is 0 Å². The van der Waals surface area contributed by atoms with Crippen molar-refractivity contribution in [1.29, 1.82) is 0 Å². The summed E-state index contributed by atoms with van der Waals surface area (Å²) < 4.78 is 70.5. The molecule has 5 heteroatoms. The van der Waals surface area contributed by atoms with Crippen molar-refractivity contribution < 1.29 is 34.1 Å². The van der Waals surface area contributed by atoms with Crippen LogP contribution >= 0.6 is 0 Å². The van der Waals surface area contributed by atoms with E-state index in [4.69, 9.17) is 17.6 Å². The third kappa shape index (κ3) is 10.3. The Morgan fingerprint density at radius 1 is 0.566 bits per heavy atom. The van der Waals surface area contributed by atoms with Crippen LogP contribution in [0.1, 0.15) is 164 Å². The molecule has 0 amide bonds. The molecular formula is C71H73IrN3O-2. The van der Waals surface area contributed by atoms with Gasteiger partial charge in [0.15, 0.2) is 0 Å². The number of pyridine rings is 1. The third-order valence-corrected chi connectivity index (χ3v) is 14.7. The molecule has 11 rings (SSSR count). The van der Waals surface area contributed by atoms with Gasteiger partial charge in [0.2, 0.25) is 0 Å². The number of imidazole rings is 1. The summed E-state index contributed by atoms with van der Waals surface area (Å²) in [4.78, 5) is 9.69. The zero-order valence-corrected chi connectivity index (χ0v) is 48.6. The van der Waals surface area contributed by atoms with Crippen molar-refractivity contribution in [3.8, 4) is 39.5 Å². The summed E-state index contributed by atoms with van der Waals surface area (Å²) in [6.07, 6.45) is 1.87. The zero-order valence-electron chi connectivity index (χ0n) is 53.2. The Balaban J connectivity index is 0.000000419. The monoisotopic (exact) mass is 1180 g/mol. The van der Waals surface area contributed by atoms with E-state index >= 15 is 0 Å². The number of benzene rings is 8. The van der Waals surface area contributed by atoms with E-state index in [-0.39, 0.29) is 59.3 Å². The standard InChI is InChI=1S/C56H57N2O.C15H16N.Ir/c1-32(2)41-19-16-22-49-52(41)58(51-45(33(3)4)28-38(29-46(51)34(5)6)37-25-39(55(7,8)9)30-40(26-37)56(10,11)12)54(57-49)44-21-15-20-43-48-27-36-24-23-35-17-13-14-18-42(35)47(36)31-50(48)59-53(43)44;1-15(2,3)13-9-10-16-14(11-13)12-7-5-4-6-8-12;/h13-20,22-34H,1-12H3;4-7,9-11H,1-3H3;/q2*-1;/i1D3,2D3,32D;;. The van der Waals surface area contributed by atoms with Crippen LogP contribution in [-0.4, -0.2) is 14.5 Å². The normalized spacial score (nSPS) is 14.2. The molecule has 8 aromatic carbocycles. The number of aromatic nitrogens is 3. The number of rotatable bonds is 7. The number of hydrogen-bond donors (Lipinski definition) is 0. The van der Waals surface area contributed by atoms with Crippen molar-refractivity contribution in [3.63, 3.8) is 0 Å². The molecule has 0 spiro atoms. The summed E-state index contributed by atoms with van der Waals surface area (Å²) in [5, 5.41) is 6.15. The van der Waals surface area contributed by atoms with E-state index in [0.717, 1.165) is 71.5 Å². The van der Waals surface area contributed by atoms with Gasteiger partial charge in [-0.05, 0) is 142 Å². The molecule has 0 N–H and O–H groups in total. The van der Waals surface area contributed by atoms with Gasteiger partial charge < -0.3 is 14.0 Å². The van der Waals surface area contributed by atoms with Crippen LogP contribution in [0.2, 0.25) is 0 Å². The molecule has 0 aliphatic heterocycles. The molecule has 1 radical (unpaired) electrons. The quantitative estimate of drug-likeness (QED) is 0.118. The Morgan fingerprint density at radius 2 is 1.22 bits per heavy atom. The van der Waals surface area contributed by atoms with E-state index in [1.807, 2.05) is 59.3 Å². The minimum absolute atomic E-state index is 0. The number of fused-ring (bicyclic) bond motifs is 7. The van der Waals surface area contributed by atoms with Gasteiger partial charge >= 0.3 is 0 Å². The van der Waals surface area contributed by atoms with Gasteiger partial charge in [0, 0.05) is 47.0 Å². The third-order valence-electron chi connectivity index (χ3n) is 14.7. The number of furan rings is 1. The maximum Gasteiger partial charge on any atom is 0.121 e. The average molecular weight is 1180 g/mol. The summed E-state index contributed by atoms with van der Waals surface area (Å²) in [5.41, 5.74) is 12.8. The minimum atomic E-state index is -3.24. The molecule has 3 heterocycles. The molecule has 0 saturated carbocycles. The second kappa shape index (κ2) is 20.7. The Bertz CT molecular complexity index is 4150. The van der Waals surface area contributed by atoms with Gasteiger partial charge in [-0.3, -0.25) is 4.98 Å². The van der Waals surface area contributed by atoms with Crippen LogP contribution in [0.5, 0.6) is 0 Å². The Morgan fingerprint density at radius 3 is 1.87 bits per heavy atom. The average Bonchev–Trinajstić information content (AvgIpc) is 4.22. The van der Waals surface area contributed by atoms with Gasteiger partial charge in [-0.1, -0.05) is 187 Å². The zero-order chi connectivity index (χ0) is 59.2. The first-order valence-corrected chi connectivity index (χ1v) is 26.4. The smallest absolute Gasteiger partial charge is 0.121 e. The van der Waals surface area contributed by atoms with Crippen LogP contribution < -0.4 is 0 Å². The van der Waals surface area contributed by atoms with Crippen molar-refractivity contribution in [2.75, 3.05) is 0 Å². The first kappa shape index (κ1) is 45.5. The summed E-state index contributed by atoms with van der Waals surface area (Å²) in [5.74, 6) is -2.75. The second-order valence-corrected chi connectivity index (χ2v) is 23.9. The van der Waals surface area contributed by atoms with Crippen LogP contribution in [0.3, 0.4) is 0 Å². The SMILES string of the molecule is CC(C)(C)c1ccnc(-c2[c-]cccc2)c1.[2H]C([2H])([2H])C([2H])(c1cccc2nc(-c3[c-]ccc4c3oc3cc5c(ccc6ccccc65)cc34)n(-c3c(C(C)C)cc(-c4cc(C(C)(C)C)cc(C(C)(C)C)c4)cc3C(C)C)c12)C([2H])([2H])[2H].[Ir]. The second-order valence-electron chi connectivity index (χ2n) is 23.9. The van der Waals surface area contributed by atoms with Crippen LogP contribution in [0, 0.1) is 12.1 Å². The van der Waals surface area contributed by atoms with Gasteiger partial charge in [-0.15, -0.1) is 54.1 Å². The molecule has 3 aromatic heterocycles. The molecule has 0 aliphatic carbocycles.